The van der Waals surface area contributed by atoms with Gasteiger partial charge in [0.25, 0.3) is 0 Å². The molecule has 1 aliphatic rings. The fourth-order valence-electron chi connectivity index (χ4n) is 2.10. The molecule has 0 bridgehead atoms. The summed E-state index contributed by atoms with van der Waals surface area (Å²) in [6.07, 6.45) is 0.488. The Morgan fingerprint density at radius 3 is 2.89 bits per heavy atom. The third-order valence-corrected chi connectivity index (χ3v) is 3.37. The van der Waals surface area contributed by atoms with Crippen LogP contribution in [0.4, 0.5) is 0 Å². The quantitative estimate of drug-likeness (QED) is 0.557. The zero-order chi connectivity index (χ0) is 14.3. The fraction of sp³-hybridized carbons (Fsp3) is 0.923. The normalized spacial score (nSPS) is 26.1. The number of carbonyl (C=O) groups excluding carboxylic acids is 1. The summed E-state index contributed by atoms with van der Waals surface area (Å²) in [6.45, 7) is 6.20. The summed E-state index contributed by atoms with van der Waals surface area (Å²) in [7, 11) is 1.59. The molecule has 1 amide bonds. The number of ether oxygens (including phenoxy) is 2. The lowest BCUT2D eigenvalue weighted by molar-refractivity contribution is -0.126. The second kappa shape index (κ2) is 7.79. The highest BCUT2D eigenvalue weighted by Crippen LogP contribution is 2.15. The van der Waals surface area contributed by atoms with Crippen molar-refractivity contribution in [3.05, 3.63) is 0 Å². The zero-order valence-electron chi connectivity index (χ0n) is 12.1. The van der Waals surface area contributed by atoms with E-state index in [9.17, 15) is 9.90 Å². The summed E-state index contributed by atoms with van der Waals surface area (Å²) in [5.74, 6) is -0.251. The van der Waals surface area contributed by atoms with Crippen molar-refractivity contribution in [2.75, 3.05) is 40.0 Å². The van der Waals surface area contributed by atoms with Gasteiger partial charge in [-0.05, 0) is 13.5 Å². The SMILES string of the molecule is CCNC1COCC1C(=O)NCC(C)(O)CCOC. The van der Waals surface area contributed by atoms with Crippen LogP contribution in [0.25, 0.3) is 0 Å². The fourth-order valence-corrected chi connectivity index (χ4v) is 2.10. The van der Waals surface area contributed by atoms with Gasteiger partial charge in [0.05, 0.1) is 24.7 Å². The number of hydrogen-bond acceptors (Lipinski definition) is 5. The van der Waals surface area contributed by atoms with Gasteiger partial charge in [-0.3, -0.25) is 4.79 Å². The van der Waals surface area contributed by atoms with Crippen molar-refractivity contribution >= 4 is 5.91 Å². The molecule has 112 valence electrons. The van der Waals surface area contributed by atoms with E-state index in [0.717, 1.165) is 6.54 Å². The van der Waals surface area contributed by atoms with E-state index in [2.05, 4.69) is 10.6 Å². The summed E-state index contributed by atoms with van der Waals surface area (Å²) in [5, 5.41) is 16.1. The number of amides is 1. The van der Waals surface area contributed by atoms with E-state index in [1.54, 1.807) is 14.0 Å². The Balaban J connectivity index is 2.37. The Labute approximate surface area is 114 Å². The first-order valence-corrected chi connectivity index (χ1v) is 6.80. The van der Waals surface area contributed by atoms with Crippen molar-refractivity contribution in [1.29, 1.82) is 0 Å². The molecule has 3 atom stereocenters. The van der Waals surface area contributed by atoms with Gasteiger partial charge < -0.3 is 25.2 Å². The maximum absolute atomic E-state index is 12.1. The van der Waals surface area contributed by atoms with Gasteiger partial charge in [0.1, 0.15) is 0 Å². The molecular weight excluding hydrogens is 248 g/mol. The van der Waals surface area contributed by atoms with E-state index in [4.69, 9.17) is 9.47 Å². The van der Waals surface area contributed by atoms with E-state index >= 15 is 0 Å². The molecular formula is C13H26N2O4. The second-order valence-electron chi connectivity index (χ2n) is 5.27. The number of carbonyl (C=O) groups is 1. The molecule has 0 saturated carbocycles. The van der Waals surface area contributed by atoms with Crippen LogP contribution in [0.1, 0.15) is 20.3 Å². The molecule has 3 unspecified atom stereocenters. The number of hydrogen-bond donors (Lipinski definition) is 3. The lowest BCUT2D eigenvalue weighted by Crippen LogP contribution is -2.48. The highest BCUT2D eigenvalue weighted by molar-refractivity contribution is 5.79. The molecule has 6 nitrogen and oxygen atoms in total. The number of aliphatic hydroxyl groups is 1. The maximum atomic E-state index is 12.1. The lowest BCUT2D eigenvalue weighted by atomic mass is 10.00. The maximum Gasteiger partial charge on any atom is 0.227 e. The first kappa shape index (κ1) is 16.4. The van der Waals surface area contributed by atoms with E-state index in [1.807, 2.05) is 6.92 Å². The van der Waals surface area contributed by atoms with Gasteiger partial charge in [0.15, 0.2) is 0 Å². The minimum absolute atomic E-state index is 0.0638. The van der Waals surface area contributed by atoms with Gasteiger partial charge in [-0.1, -0.05) is 6.92 Å². The van der Waals surface area contributed by atoms with Gasteiger partial charge in [0.2, 0.25) is 5.91 Å². The minimum Gasteiger partial charge on any atom is -0.388 e. The Morgan fingerprint density at radius 2 is 2.26 bits per heavy atom. The Kier molecular flexibility index (Phi) is 6.71. The van der Waals surface area contributed by atoms with Crippen molar-refractivity contribution in [1.82, 2.24) is 10.6 Å². The third-order valence-electron chi connectivity index (χ3n) is 3.37. The monoisotopic (exact) mass is 274 g/mol. The highest BCUT2D eigenvalue weighted by Gasteiger charge is 2.34. The predicted octanol–water partition coefficient (Wildman–Crippen LogP) is -0.485. The van der Waals surface area contributed by atoms with Crippen molar-refractivity contribution in [2.24, 2.45) is 5.92 Å². The average molecular weight is 274 g/mol. The molecule has 0 aromatic heterocycles. The summed E-state index contributed by atoms with van der Waals surface area (Å²) in [5.41, 5.74) is -0.946. The Morgan fingerprint density at radius 1 is 1.53 bits per heavy atom. The van der Waals surface area contributed by atoms with Gasteiger partial charge in [-0.25, -0.2) is 0 Å². The van der Waals surface area contributed by atoms with E-state index in [-0.39, 0.29) is 24.4 Å². The molecule has 0 aromatic carbocycles. The van der Waals surface area contributed by atoms with Crippen LogP contribution in [0.2, 0.25) is 0 Å². The van der Waals surface area contributed by atoms with Crippen molar-refractivity contribution in [2.45, 2.75) is 31.9 Å². The molecule has 1 rings (SSSR count). The predicted molar refractivity (Wildman–Crippen MR) is 71.9 cm³/mol. The molecule has 1 fully saturated rings. The summed E-state index contributed by atoms with van der Waals surface area (Å²) < 4.78 is 10.3. The lowest BCUT2D eigenvalue weighted by Gasteiger charge is -2.25. The van der Waals surface area contributed by atoms with Crippen LogP contribution in [0.5, 0.6) is 0 Å². The second-order valence-corrected chi connectivity index (χ2v) is 5.27. The Bertz CT molecular complexity index is 284. The van der Waals surface area contributed by atoms with Crippen LogP contribution in [-0.2, 0) is 14.3 Å². The zero-order valence-corrected chi connectivity index (χ0v) is 12.1. The first-order chi connectivity index (χ1) is 9.00. The molecule has 19 heavy (non-hydrogen) atoms. The summed E-state index contributed by atoms with van der Waals surface area (Å²) in [6, 6.07) is 0.0638. The van der Waals surface area contributed by atoms with E-state index in [0.29, 0.717) is 26.2 Å². The van der Waals surface area contributed by atoms with Crippen molar-refractivity contribution in [3.63, 3.8) is 0 Å². The topological polar surface area (TPSA) is 79.8 Å². The summed E-state index contributed by atoms with van der Waals surface area (Å²) >= 11 is 0. The molecule has 0 aliphatic carbocycles. The minimum atomic E-state index is -0.946. The van der Waals surface area contributed by atoms with Gasteiger partial charge in [0, 0.05) is 32.7 Å². The van der Waals surface area contributed by atoms with Crippen molar-refractivity contribution < 1.29 is 19.4 Å². The largest absolute Gasteiger partial charge is 0.388 e. The third kappa shape index (κ3) is 5.44. The molecule has 1 aliphatic heterocycles. The number of methoxy groups -OCH3 is 1. The molecule has 1 heterocycles. The van der Waals surface area contributed by atoms with E-state index in [1.165, 1.54) is 0 Å². The van der Waals surface area contributed by atoms with Crippen LogP contribution in [-0.4, -0.2) is 62.7 Å². The van der Waals surface area contributed by atoms with Crippen LogP contribution < -0.4 is 10.6 Å². The van der Waals surface area contributed by atoms with Gasteiger partial charge in [-0.15, -0.1) is 0 Å². The van der Waals surface area contributed by atoms with Crippen LogP contribution in [0.15, 0.2) is 0 Å². The summed E-state index contributed by atoms with van der Waals surface area (Å²) in [4.78, 5) is 12.1. The van der Waals surface area contributed by atoms with E-state index < -0.39 is 5.60 Å². The van der Waals surface area contributed by atoms with Crippen LogP contribution >= 0.6 is 0 Å². The molecule has 0 aromatic rings. The number of likely N-dealkylation sites (N-methyl/N-ethyl adjacent to an activating group) is 1. The smallest absolute Gasteiger partial charge is 0.227 e. The molecule has 0 radical (unpaired) electrons. The number of nitrogens with one attached hydrogen (secondary N) is 2. The molecule has 1 saturated heterocycles. The first-order valence-electron chi connectivity index (χ1n) is 6.80. The van der Waals surface area contributed by atoms with Gasteiger partial charge in [-0.2, -0.15) is 0 Å². The molecule has 3 N–H and O–H groups in total. The van der Waals surface area contributed by atoms with Crippen LogP contribution in [0, 0.1) is 5.92 Å². The molecule has 0 spiro atoms. The highest BCUT2D eigenvalue weighted by atomic mass is 16.5. The Hall–Kier alpha value is -0.690. The van der Waals surface area contributed by atoms with Crippen LogP contribution in [0.3, 0.4) is 0 Å². The van der Waals surface area contributed by atoms with Gasteiger partial charge >= 0.3 is 0 Å². The molecule has 6 heteroatoms. The average Bonchev–Trinajstić information content (AvgIpc) is 2.82. The standard InChI is InChI=1S/C13H26N2O4/c1-4-14-11-8-19-7-10(11)12(16)15-9-13(2,17)5-6-18-3/h10-11,14,17H,4-9H2,1-3H3,(H,15,16). The van der Waals surface area contributed by atoms with Crippen molar-refractivity contribution in [3.8, 4) is 0 Å². The number of rotatable bonds is 8.